The van der Waals surface area contributed by atoms with Gasteiger partial charge < -0.3 is 4.74 Å². The first-order valence-electron chi connectivity index (χ1n) is 4.79. The van der Waals surface area contributed by atoms with E-state index in [2.05, 4.69) is 25.9 Å². The topological polar surface area (TPSA) is 35.0 Å². The molecule has 3 nitrogen and oxygen atoms in total. The smallest absolute Gasteiger partial charge is 0.237 e. The van der Waals surface area contributed by atoms with Crippen LogP contribution < -0.4 is 4.74 Å². The Morgan fingerprint density at radius 1 is 1.22 bits per heavy atom. The Morgan fingerprint density at radius 3 is 2.61 bits per heavy atom. The number of rotatable bonds is 3. The van der Waals surface area contributed by atoms with Crippen molar-refractivity contribution in [3.05, 3.63) is 46.3 Å². The van der Waals surface area contributed by atoms with Gasteiger partial charge >= 0.3 is 0 Å². The van der Waals surface area contributed by atoms with Crippen LogP contribution in [0.1, 0.15) is 5.69 Å². The molecular formula is C11H6BrClF2N2O. The van der Waals surface area contributed by atoms with Crippen LogP contribution in [0, 0.1) is 11.6 Å². The fourth-order valence-electron chi connectivity index (χ4n) is 1.18. The summed E-state index contributed by atoms with van der Waals surface area (Å²) in [6, 6.07) is 2.31. The monoisotopic (exact) mass is 334 g/mol. The zero-order valence-corrected chi connectivity index (χ0v) is 11.2. The second-order valence-electron chi connectivity index (χ2n) is 3.28. The lowest BCUT2D eigenvalue weighted by atomic mass is 10.3. The van der Waals surface area contributed by atoms with Crippen molar-refractivity contribution in [1.82, 2.24) is 9.97 Å². The summed E-state index contributed by atoms with van der Waals surface area (Å²) < 4.78 is 32.0. The highest BCUT2D eigenvalue weighted by atomic mass is 79.9. The molecule has 2 rings (SSSR count). The molecule has 1 aromatic heterocycles. The van der Waals surface area contributed by atoms with E-state index in [4.69, 9.17) is 16.3 Å². The summed E-state index contributed by atoms with van der Waals surface area (Å²) in [5.74, 6) is -2.09. The predicted molar refractivity (Wildman–Crippen MR) is 65.7 cm³/mol. The maximum absolute atomic E-state index is 13.4. The van der Waals surface area contributed by atoms with Crippen molar-refractivity contribution in [2.75, 3.05) is 0 Å². The third kappa shape index (κ3) is 2.94. The van der Waals surface area contributed by atoms with Crippen LogP contribution in [-0.4, -0.2) is 9.97 Å². The van der Waals surface area contributed by atoms with Gasteiger partial charge in [-0.3, -0.25) is 4.98 Å². The Hall–Kier alpha value is -1.27. The molecule has 0 saturated heterocycles. The van der Waals surface area contributed by atoms with E-state index in [9.17, 15) is 8.78 Å². The number of hydrogen-bond acceptors (Lipinski definition) is 3. The first kappa shape index (κ1) is 13.2. The zero-order chi connectivity index (χ0) is 13.1. The molecule has 0 bridgehead atoms. The van der Waals surface area contributed by atoms with E-state index in [1.54, 1.807) is 0 Å². The van der Waals surface area contributed by atoms with E-state index in [0.29, 0.717) is 10.2 Å². The zero-order valence-electron chi connectivity index (χ0n) is 8.83. The summed E-state index contributed by atoms with van der Waals surface area (Å²) in [7, 11) is 0. The van der Waals surface area contributed by atoms with Gasteiger partial charge in [-0.15, -0.1) is 11.6 Å². The maximum Gasteiger partial charge on any atom is 0.237 e. The molecule has 94 valence electrons. The lowest BCUT2D eigenvalue weighted by Gasteiger charge is -2.06. The molecule has 0 spiro atoms. The average Bonchev–Trinajstić information content (AvgIpc) is 2.36. The van der Waals surface area contributed by atoms with E-state index in [0.717, 1.165) is 6.07 Å². The van der Waals surface area contributed by atoms with Gasteiger partial charge in [-0.25, -0.2) is 9.37 Å². The highest BCUT2D eigenvalue weighted by Gasteiger charge is 2.12. The van der Waals surface area contributed by atoms with Gasteiger partial charge in [-0.2, -0.15) is 4.39 Å². The number of hydrogen-bond donors (Lipinski definition) is 0. The van der Waals surface area contributed by atoms with Crippen LogP contribution in [-0.2, 0) is 5.88 Å². The molecule has 0 atom stereocenters. The SMILES string of the molecule is Fc1cc(Br)cc(Oc2cnc(CCl)cn2)c1F. The molecule has 2 aromatic rings. The van der Waals surface area contributed by atoms with Gasteiger partial charge in [0.1, 0.15) is 0 Å². The summed E-state index contributed by atoms with van der Waals surface area (Å²) in [5, 5.41) is 0. The lowest BCUT2D eigenvalue weighted by molar-refractivity contribution is 0.403. The minimum absolute atomic E-state index is 0.0558. The van der Waals surface area contributed by atoms with Crippen molar-refractivity contribution in [3.8, 4) is 11.6 Å². The van der Waals surface area contributed by atoms with Crippen molar-refractivity contribution >= 4 is 27.5 Å². The van der Waals surface area contributed by atoms with Gasteiger partial charge in [0.25, 0.3) is 0 Å². The van der Waals surface area contributed by atoms with Crippen LogP contribution in [0.5, 0.6) is 11.6 Å². The van der Waals surface area contributed by atoms with Crippen molar-refractivity contribution in [3.63, 3.8) is 0 Å². The number of benzene rings is 1. The third-order valence-corrected chi connectivity index (χ3v) is 2.72. The Labute approximate surface area is 115 Å². The first-order valence-corrected chi connectivity index (χ1v) is 6.12. The van der Waals surface area contributed by atoms with Gasteiger partial charge in [0.2, 0.25) is 11.7 Å². The van der Waals surface area contributed by atoms with E-state index in [-0.39, 0.29) is 17.5 Å². The van der Waals surface area contributed by atoms with Crippen LogP contribution in [0.25, 0.3) is 0 Å². The van der Waals surface area contributed by atoms with Crippen molar-refractivity contribution in [1.29, 1.82) is 0 Å². The van der Waals surface area contributed by atoms with Gasteiger partial charge in [0.05, 0.1) is 24.0 Å². The van der Waals surface area contributed by atoms with Gasteiger partial charge in [0, 0.05) is 4.47 Å². The van der Waals surface area contributed by atoms with Crippen molar-refractivity contribution in [2.45, 2.75) is 5.88 Å². The third-order valence-electron chi connectivity index (χ3n) is 1.99. The van der Waals surface area contributed by atoms with Gasteiger partial charge in [-0.1, -0.05) is 15.9 Å². The minimum Gasteiger partial charge on any atom is -0.434 e. The molecule has 0 fully saturated rings. The summed E-state index contributed by atoms with van der Waals surface area (Å²) >= 11 is 8.59. The standard InChI is InChI=1S/C11H6BrClF2N2O/c12-6-1-8(14)11(15)9(2-6)18-10-5-16-7(3-13)4-17-10/h1-2,4-5H,3H2. The molecule has 18 heavy (non-hydrogen) atoms. The van der Waals surface area contributed by atoms with Gasteiger partial charge in [-0.05, 0) is 12.1 Å². The van der Waals surface area contributed by atoms with Crippen LogP contribution in [0.15, 0.2) is 29.0 Å². The molecule has 0 saturated carbocycles. The molecule has 7 heteroatoms. The molecule has 0 aliphatic rings. The van der Waals surface area contributed by atoms with E-state index < -0.39 is 11.6 Å². The van der Waals surface area contributed by atoms with E-state index in [1.165, 1.54) is 18.5 Å². The van der Waals surface area contributed by atoms with Crippen LogP contribution in [0.4, 0.5) is 8.78 Å². The number of alkyl halides is 1. The molecule has 1 aromatic carbocycles. The van der Waals surface area contributed by atoms with Gasteiger partial charge in [0.15, 0.2) is 11.6 Å². The Kier molecular flexibility index (Phi) is 4.08. The van der Waals surface area contributed by atoms with Crippen molar-refractivity contribution < 1.29 is 13.5 Å². The second kappa shape index (κ2) is 5.58. The lowest BCUT2D eigenvalue weighted by Crippen LogP contribution is -1.96. The maximum atomic E-state index is 13.4. The summed E-state index contributed by atoms with van der Waals surface area (Å²) in [5.41, 5.74) is 0.560. The normalized spacial score (nSPS) is 10.4. The Morgan fingerprint density at radius 2 is 2.00 bits per heavy atom. The second-order valence-corrected chi connectivity index (χ2v) is 4.46. The fraction of sp³-hybridized carbons (Fsp3) is 0.0909. The molecule has 0 aliphatic heterocycles. The fourth-order valence-corrected chi connectivity index (χ4v) is 1.73. The molecule has 0 amide bonds. The van der Waals surface area contributed by atoms with Crippen LogP contribution >= 0.6 is 27.5 Å². The Balaban J connectivity index is 2.27. The molecule has 0 radical (unpaired) electrons. The molecular weight excluding hydrogens is 329 g/mol. The van der Waals surface area contributed by atoms with Crippen LogP contribution in [0.2, 0.25) is 0 Å². The minimum atomic E-state index is -1.08. The summed E-state index contributed by atoms with van der Waals surface area (Å²) in [6.45, 7) is 0. The Bertz CT molecular complexity index is 566. The van der Waals surface area contributed by atoms with E-state index >= 15 is 0 Å². The number of aromatic nitrogens is 2. The number of ether oxygens (including phenoxy) is 1. The van der Waals surface area contributed by atoms with Crippen LogP contribution in [0.3, 0.4) is 0 Å². The van der Waals surface area contributed by atoms with E-state index in [1.807, 2.05) is 0 Å². The molecule has 1 heterocycles. The quantitative estimate of drug-likeness (QED) is 0.627. The highest BCUT2D eigenvalue weighted by molar-refractivity contribution is 9.10. The molecule has 0 unspecified atom stereocenters. The molecule has 0 aliphatic carbocycles. The number of nitrogens with zero attached hydrogens (tertiary/aromatic N) is 2. The van der Waals surface area contributed by atoms with Crippen molar-refractivity contribution in [2.24, 2.45) is 0 Å². The summed E-state index contributed by atoms with van der Waals surface area (Å²) in [4.78, 5) is 7.79. The predicted octanol–water partition coefficient (Wildman–Crippen LogP) is 4.05. The highest BCUT2D eigenvalue weighted by Crippen LogP contribution is 2.28. The molecule has 0 N–H and O–H groups in total. The summed E-state index contributed by atoms with van der Waals surface area (Å²) in [6.07, 6.45) is 2.69. The number of halogens is 4. The first-order chi connectivity index (χ1) is 8.60. The average molecular weight is 336 g/mol. The largest absolute Gasteiger partial charge is 0.434 e.